The molecule has 4 nitrogen and oxygen atoms in total. The van der Waals surface area contributed by atoms with Gasteiger partial charge in [-0.1, -0.05) is 0 Å². The molecule has 5 heteroatoms. The second kappa shape index (κ2) is 9.55. The van der Waals surface area contributed by atoms with Gasteiger partial charge in [-0.3, -0.25) is 4.79 Å². The fraction of sp³-hybridized carbons (Fsp3) is 0.316. The molecule has 1 N–H and O–H groups in total. The number of ether oxygens (including phenoxy) is 2. The Kier molecular flexibility index (Phi) is 7.08. The fourth-order valence-electron chi connectivity index (χ4n) is 2.12. The molecule has 24 heavy (non-hydrogen) atoms. The van der Waals surface area contributed by atoms with Crippen molar-refractivity contribution in [2.75, 3.05) is 19.8 Å². The number of nitrogens with one attached hydrogen (secondary N) is 1. The predicted molar refractivity (Wildman–Crippen MR) is 91.1 cm³/mol. The smallest absolute Gasteiger partial charge is 0.251 e. The SMILES string of the molecule is CCOc1ccc(C(=O)NCCCCOc2ccc(F)cc2)cc1. The maximum atomic E-state index is 12.7. The number of benzene rings is 2. The summed E-state index contributed by atoms with van der Waals surface area (Å²) in [5, 5.41) is 2.87. The number of halogens is 1. The van der Waals surface area contributed by atoms with Gasteiger partial charge in [0.05, 0.1) is 13.2 Å². The van der Waals surface area contributed by atoms with Gasteiger partial charge >= 0.3 is 0 Å². The lowest BCUT2D eigenvalue weighted by molar-refractivity contribution is 0.0952. The molecule has 2 aromatic rings. The molecule has 0 saturated heterocycles. The first-order valence-electron chi connectivity index (χ1n) is 8.08. The Morgan fingerprint density at radius 3 is 2.25 bits per heavy atom. The van der Waals surface area contributed by atoms with E-state index >= 15 is 0 Å². The van der Waals surface area contributed by atoms with Gasteiger partial charge in [-0.25, -0.2) is 4.39 Å². The van der Waals surface area contributed by atoms with E-state index in [1.54, 1.807) is 36.4 Å². The van der Waals surface area contributed by atoms with Crippen LogP contribution in [0.25, 0.3) is 0 Å². The molecule has 1 amide bonds. The number of unbranched alkanes of at least 4 members (excludes halogenated alkanes) is 1. The molecule has 0 saturated carbocycles. The van der Waals surface area contributed by atoms with E-state index in [0.29, 0.717) is 31.1 Å². The van der Waals surface area contributed by atoms with Crippen molar-refractivity contribution in [3.63, 3.8) is 0 Å². The lowest BCUT2D eigenvalue weighted by Crippen LogP contribution is -2.24. The zero-order chi connectivity index (χ0) is 17.2. The second-order valence-corrected chi connectivity index (χ2v) is 5.22. The minimum absolute atomic E-state index is 0.0995. The molecule has 0 aliphatic heterocycles. The third kappa shape index (κ3) is 5.91. The van der Waals surface area contributed by atoms with Crippen molar-refractivity contribution in [1.29, 1.82) is 0 Å². The molecule has 0 aliphatic carbocycles. The Bertz CT molecular complexity index is 626. The first-order chi connectivity index (χ1) is 11.7. The van der Waals surface area contributed by atoms with Crippen LogP contribution in [-0.4, -0.2) is 25.7 Å². The van der Waals surface area contributed by atoms with Crippen LogP contribution in [0.3, 0.4) is 0 Å². The number of rotatable bonds is 9. The average Bonchev–Trinajstić information content (AvgIpc) is 2.60. The van der Waals surface area contributed by atoms with Crippen LogP contribution in [-0.2, 0) is 0 Å². The van der Waals surface area contributed by atoms with Crippen LogP contribution in [0.2, 0.25) is 0 Å². The molecule has 0 spiro atoms. The van der Waals surface area contributed by atoms with Gasteiger partial charge in [0, 0.05) is 12.1 Å². The summed E-state index contributed by atoms with van der Waals surface area (Å²) in [4.78, 5) is 12.0. The standard InChI is InChI=1S/C19H22FNO3/c1-2-23-17-9-5-15(6-10-17)19(22)21-13-3-4-14-24-18-11-7-16(20)8-12-18/h5-12H,2-4,13-14H2,1H3,(H,21,22). The summed E-state index contributed by atoms with van der Waals surface area (Å²) in [6.45, 7) is 3.63. The van der Waals surface area contributed by atoms with Gasteiger partial charge < -0.3 is 14.8 Å². The summed E-state index contributed by atoms with van der Waals surface area (Å²) in [6, 6.07) is 13.0. The van der Waals surface area contributed by atoms with Gasteiger partial charge in [-0.05, 0) is 68.3 Å². The van der Waals surface area contributed by atoms with Gasteiger partial charge in [0.2, 0.25) is 0 Å². The van der Waals surface area contributed by atoms with Gasteiger partial charge in [0.25, 0.3) is 5.91 Å². The zero-order valence-electron chi connectivity index (χ0n) is 13.8. The Labute approximate surface area is 141 Å². The van der Waals surface area contributed by atoms with Crippen molar-refractivity contribution < 1.29 is 18.7 Å². The quantitative estimate of drug-likeness (QED) is 0.711. The Hall–Kier alpha value is -2.56. The molecule has 2 aromatic carbocycles. The molecule has 0 aromatic heterocycles. The van der Waals surface area contributed by atoms with E-state index in [1.807, 2.05) is 6.92 Å². The second-order valence-electron chi connectivity index (χ2n) is 5.22. The van der Waals surface area contributed by atoms with Gasteiger partial charge in [-0.15, -0.1) is 0 Å². The Morgan fingerprint density at radius 2 is 1.58 bits per heavy atom. The largest absolute Gasteiger partial charge is 0.494 e. The van der Waals surface area contributed by atoms with Crippen LogP contribution in [0.1, 0.15) is 30.1 Å². The minimum Gasteiger partial charge on any atom is -0.494 e. The lowest BCUT2D eigenvalue weighted by Gasteiger charge is -2.08. The normalized spacial score (nSPS) is 10.2. The first-order valence-corrected chi connectivity index (χ1v) is 8.08. The summed E-state index contributed by atoms with van der Waals surface area (Å²) in [6.07, 6.45) is 1.62. The monoisotopic (exact) mass is 331 g/mol. The van der Waals surface area contributed by atoms with Crippen molar-refractivity contribution in [1.82, 2.24) is 5.32 Å². The van der Waals surface area contributed by atoms with Crippen LogP contribution < -0.4 is 14.8 Å². The summed E-state index contributed by atoms with van der Waals surface area (Å²) in [5.74, 6) is 1.03. The first kappa shape index (κ1) is 17.8. The molecule has 0 radical (unpaired) electrons. The molecular formula is C19H22FNO3. The molecule has 0 fully saturated rings. The number of hydrogen-bond acceptors (Lipinski definition) is 3. The van der Waals surface area contributed by atoms with Gasteiger partial charge in [0.1, 0.15) is 17.3 Å². The summed E-state index contributed by atoms with van der Waals surface area (Å²) in [5.41, 5.74) is 0.612. The summed E-state index contributed by atoms with van der Waals surface area (Å²) in [7, 11) is 0. The van der Waals surface area contributed by atoms with E-state index in [-0.39, 0.29) is 11.7 Å². The van der Waals surface area contributed by atoms with Gasteiger partial charge in [-0.2, -0.15) is 0 Å². The van der Waals surface area contributed by atoms with E-state index in [0.717, 1.165) is 18.6 Å². The zero-order valence-corrected chi connectivity index (χ0v) is 13.8. The summed E-state index contributed by atoms with van der Waals surface area (Å²) >= 11 is 0. The third-order valence-electron chi connectivity index (χ3n) is 3.37. The molecular weight excluding hydrogens is 309 g/mol. The molecule has 0 unspecified atom stereocenters. The Morgan fingerprint density at radius 1 is 0.958 bits per heavy atom. The Balaban J connectivity index is 1.61. The minimum atomic E-state index is -0.278. The van der Waals surface area contributed by atoms with Crippen LogP contribution in [0, 0.1) is 5.82 Å². The van der Waals surface area contributed by atoms with Crippen LogP contribution in [0.15, 0.2) is 48.5 Å². The maximum Gasteiger partial charge on any atom is 0.251 e. The van der Waals surface area contributed by atoms with E-state index in [9.17, 15) is 9.18 Å². The van der Waals surface area contributed by atoms with Crippen LogP contribution in [0.4, 0.5) is 4.39 Å². The average molecular weight is 331 g/mol. The molecule has 0 atom stereocenters. The number of hydrogen-bond donors (Lipinski definition) is 1. The highest BCUT2D eigenvalue weighted by molar-refractivity contribution is 5.94. The fourth-order valence-corrected chi connectivity index (χ4v) is 2.12. The number of amides is 1. The van der Waals surface area contributed by atoms with E-state index in [4.69, 9.17) is 9.47 Å². The topological polar surface area (TPSA) is 47.6 Å². The molecule has 0 heterocycles. The third-order valence-corrected chi connectivity index (χ3v) is 3.37. The molecule has 128 valence electrons. The molecule has 2 rings (SSSR count). The van der Waals surface area contributed by atoms with Crippen LogP contribution >= 0.6 is 0 Å². The highest BCUT2D eigenvalue weighted by Gasteiger charge is 2.04. The lowest BCUT2D eigenvalue weighted by atomic mass is 10.2. The van der Waals surface area contributed by atoms with Crippen molar-refractivity contribution in [3.05, 3.63) is 59.9 Å². The summed E-state index contributed by atoms with van der Waals surface area (Å²) < 4.78 is 23.6. The van der Waals surface area contributed by atoms with Crippen molar-refractivity contribution in [2.45, 2.75) is 19.8 Å². The highest BCUT2D eigenvalue weighted by atomic mass is 19.1. The number of carbonyl (C=O) groups is 1. The maximum absolute atomic E-state index is 12.7. The van der Waals surface area contributed by atoms with Gasteiger partial charge in [0.15, 0.2) is 0 Å². The number of carbonyl (C=O) groups excluding carboxylic acids is 1. The van der Waals surface area contributed by atoms with Crippen molar-refractivity contribution in [3.8, 4) is 11.5 Å². The van der Waals surface area contributed by atoms with Crippen molar-refractivity contribution >= 4 is 5.91 Å². The van der Waals surface area contributed by atoms with Crippen LogP contribution in [0.5, 0.6) is 11.5 Å². The predicted octanol–water partition coefficient (Wildman–Crippen LogP) is 3.81. The van der Waals surface area contributed by atoms with E-state index in [1.165, 1.54) is 12.1 Å². The van der Waals surface area contributed by atoms with E-state index < -0.39 is 0 Å². The van der Waals surface area contributed by atoms with E-state index in [2.05, 4.69) is 5.32 Å². The molecule has 0 aliphatic rings. The van der Waals surface area contributed by atoms with Crippen molar-refractivity contribution in [2.24, 2.45) is 0 Å². The highest BCUT2D eigenvalue weighted by Crippen LogP contribution is 2.12. The molecule has 0 bridgehead atoms.